The van der Waals surface area contributed by atoms with E-state index >= 15 is 0 Å². The number of thiophene rings is 1. The van der Waals surface area contributed by atoms with Gasteiger partial charge >= 0.3 is 0 Å². The lowest BCUT2D eigenvalue weighted by molar-refractivity contribution is 0.801. The molecule has 0 radical (unpaired) electrons. The van der Waals surface area contributed by atoms with Crippen molar-refractivity contribution in [3.63, 3.8) is 0 Å². The van der Waals surface area contributed by atoms with Gasteiger partial charge in [0, 0.05) is 23.0 Å². The number of anilines is 2. The molecular formula is C13H15ClN2S. The molecular weight excluding hydrogens is 252 g/mol. The zero-order chi connectivity index (χ0) is 12.3. The maximum Gasteiger partial charge on any atom is 0.0658 e. The Balaban J connectivity index is 2.00. The summed E-state index contributed by atoms with van der Waals surface area (Å²) in [6.07, 6.45) is 0.998. The van der Waals surface area contributed by atoms with Crippen LogP contribution in [0.15, 0.2) is 35.7 Å². The number of halogens is 1. The second kappa shape index (κ2) is 5.43. The van der Waals surface area contributed by atoms with Gasteiger partial charge in [0.1, 0.15) is 0 Å². The highest BCUT2D eigenvalue weighted by atomic mass is 35.5. The van der Waals surface area contributed by atoms with Gasteiger partial charge in [-0.1, -0.05) is 17.7 Å². The number of nitrogens with two attached hydrogens (primary N) is 1. The lowest BCUT2D eigenvalue weighted by Gasteiger charge is -2.15. The van der Waals surface area contributed by atoms with Crippen molar-refractivity contribution in [2.24, 2.45) is 0 Å². The van der Waals surface area contributed by atoms with E-state index in [1.165, 1.54) is 4.88 Å². The lowest BCUT2D eigenvalue weighted by Crippen LogP contribution is -2.17. The topological polar surface area (TPSA) is 38.0 Å². The van der Waals surface area contributed by atoms with Gasteiger partial charge in [0.25, 0.3) is 0 Å². The molecule has 90 valence electrons. The molecule has 4 heteroatoms. The van der Waals surface area contributed by atoms with Gasteiger partial charge in [-0.3, -0.25) is 0 Å². The summed E-state index contributed by atoms with van der Waals surface area (Å²) in [5.41, 5.74) is 7.28. The zero-order valence-electron chi connectivity index (χ0n) is 9.61. The Morgan fingerprint density at radius 2 is 2.24 bits per heavy atom. The first-order valence-electron chi connectivity index (χ1n) is 5.49. The van der Waals surface area contributed by atoms with Crippen molar-refractivity contribution in [3.05, 3.63) is 45.6 Å². The highest BCUT2D eigenvalue weighted by Gasteiger charge is 2.07. The van der Waals surface area contributed by atoms with E-state index in [1.807, 2.05) is 12.1 Å². The van der Waals surface area contributed by atoms with Crippen LogP contribution in [0.5, 0.6) is 0 Å². The number of rotatable bonds is 4. The van der Waals surface area contributed by atoms with Gasteiger partial charge in [-0.15, -0.1) is 11.3 Å². The minimum Gasteiger partial charge on any atom is -0.399 e. The molecule has 1 unspecified atom stereocenters. The van der Waals surface area contributed by atoms with Crippen molar-refractivity contribution in [2.45, 2.75) is 19.4 Å². The molecule has 0 saturated carbocycles. The number of hydrogen-bond donors (Lipinski definition) is 2. The smallest absolute Gasteiger partial charge is 0.0658 e. The maximum absolute atomic E-state index is 6.12. The van der Waals surface area contributed by atoms with Crippen LogP contribution in [-0.4, -0.2) is 6.04 Å². The van der Waals surface area contributed by atoms with E-state index in [-0.39, 0.29) is 0 Å². The van der Waals surface area contributed by atoms with E-state index in [1.54, 1.807) is 17.4 Å². The molecule has 2 rings (SSSR count). The molecule has 0 saturated heterocycles. The summed E-state index contributed by atoms with van der Waals surface area (Å²) in [6.45, 7) is 2.15. The van der Waals surface area contributed by atoms with E-state index in [0.717, 1.165) is 12.1 Å². The van der Waals surface area contributed by atoms with Crippen LogP contribution in [0.4, 0.5) is 11.4 Å². The van der Waals surface area contributed by atoms with E-state index < -0.39 is 0 Å². The molecule has 0 aliphatic heterocycles. The number of hydrogen-bond acceptors (Lipinski definition) is 3. The van der Waals surface area contributed by atoms with Gasteiger partial charge in [0.15, 0.2) is 0 Å². The summed E-state index contributed by atoms with van der Waals surface area (Å²) < 4.78 is 0. The van der Waals surface area contributed by atoms with Gasteiger partial charge in [0.2, 0.25) is 0 Å². The minimum absolute atomic E-state index is 0.342. The van der Waals surface area contributed by atoms with E-state index in [2.05, 4.69) is 29.8 Å². The summed E-state index contributed by atoms with van der Waals surface area (Å²) in [7, 11) is 0. The molecule has 1 aromatic heterocycles. The Bertz CT molecular complexity index is 482. The Kier molecular flexibility index (Phi) is 3.92. The predicted molar refractivity (Wildman–Crippen MR) is 77.0 cm³/mol. The fourth-order valence-electron chi connectivity index (χ4n) is 1.70. The average Bonchev–Trinajstić information content (AvgIpc) is 2.75. The molecule has 2 nitrogen and oxygen atoms in total. The monoisotopic (exact) mass is 266 g/mol. The molecule has 2 aromatic rings. The first-order chi connectivity index (χ1) is 8.15. The van der Waals surface area contributed by atoms with Crippen LogP contribution in [0.25, 0.3) is 0 Å². The molecule has 0 aliphatic carbocycles. The van der Waals surface area contributed by atoms with E-state index in [9.17, 15) is 0 Å². The largest absolute Gasteiger partial charge is 0.399 e. The quantitative estimate of drug-likeness (QED) is 0.820. The predicted octanol–water partition coefficient (Wildman–Crippen LogP) is 4.03. The van der Waals surface area contributed by atoms with E-state index in [0.29, 0.717) is 16.8 Å². The molecule has 0 bridgehead atoms. The molecule has 0 amide bonds. The van der Waals surface area contributed by atoms with Crippen molar-refractivity contribution in [1.29, 1.82) is 0 Å². The fourth-order valence-corrected chi connectivity index (χ4v) is 2.77. The van der Waals surface area contributed by atoms with Gasteiger partial charge in [-0.05, 0) is 36.6 Å². The first kappa shape index (κ1) is 12.3. The van der Waals surface area contributed by atoms with Crippen molar-refractivity contribution in [3.8, 4) is 0 Å². The summed E-state index contributed by atoms with van der Waals surface area (Å²) >= 11 is 7.89. The third-order valence-corrected chi connectivity index (χ3v) is 3.69. The second-order valence-corrected chi connectivity index (χ2v) is 5.51. The number of benzene rings is 1. The highest BCUT2D eigenvalue weighted by Crippen LogP contribution is 2.25. The zero-order valence-corrected chi connectivity index (χ0v) is 11.2. The SMILES string of the molecule is CC(Cc1cccs1)Nc1ccc(N)cc1Cl. The van der Waals surface area contributed by atoms with Crippen LogP contribution in [0.3, 0.4) is 0 Å². The lowest BCUT2D eigenvalue weighted by atomic mass is 10.2. The molecule has 1 heterocycles. The number of nitrogens with one attached hydrogen (secondary N) is 1. The Morgan fingerprint density at radius 3 is 2.88 bits per heavy atom. The van der Waals surface area contributed by atoms with Crippen LogP contribution in [0.1, 0.15) is 11.8 Å². The fraction of sp³-hybridized carbons (Fsp3) is 0.231. The van der Waals surface area contributed by atoms with Gasteiger partial charge in [-0.2, -0.15) is 0 Å². The van der Waals surface area contributed by atoms with Gasteiger partial charge in [-0.25, -0.2) is 0 Å². The summed E-state index contributed by atoms with van der Waals surface area (Å²) in [5.74, 6) is 0. The molecule has 0 aliphatic rings. The first-order valence-corrected chi connectivity index (χ1v) is 6.75. The molecule has 0 spiro atoms. The normalized spacial score (nSPS) is 12.4. The van der Waals surface area contributed by atoms with Gasteiger partial charge < -0.3 is 11.1 Å². The Morgan fingerprint density at radius 1 is 1.41 bits per heavy atom. The van der Waals surface area contributed by atoms with Crippen LogP contribution in [-0.2, 0) is 6.42 Å². The summed E-state index contributed by atoms with van der Waals surface area (Å²) in [4.78, 5) is 1.37. The van der Waals surface area contributed by atoms with Crippen LogP contribution < -0.4 is 11.1 Å². The van der Waals surface area contributed by atoms with Crippen molar-refractivity contribution in [2.75, 3.05) is 11.1 Å². The second-order valence-electron chi connectivity index (χ2n) is 4.07. The summed E-state index contributed by atoms with van der Waals surface area (Å²) in [6, 6.07) is 10.1. The van der Waals surface area contributed by atoms with Crippen LogP contribution in [0.2, 0.25) is 5.02 Å². The summed E-state index contributed by atoms with van der Waals surface area (Å²) in [5, 5.41) is 6.16. The third kappa shape index (κ3) is 3.38. The van der Waals surface area contributed by atoms with Crippen LogP contribution >= 0.6 is 22.9 Å². The molecule has 1 aromatic carbocycles. The van der Waals surface area contributed by atoms with E-state index in [4.69, 9.17) is 17.3 Å². The van der Waals surface area contributed by atoms with Crippen molar-refractivity contribution in [1.82, 2.24) is 0 Å². The highest BCUT2D eigenvalue weighted by molar-refractivity contribution is 7.09. The molecule has 0 fully saturated rings. The average molecular weight is 267 g/mol. The Hall–Kier alpha value is -1.19. The minimum atomic E-state index is 0.342. The number of nitrogen functional groups attached to an aromatic ring is 1. The molecule has 1 atom stereocenters. The van der Waals surface area contributed by atoms with Crippen molar-refractivity contribution >= 4 is 34.3 Å². The molecule has 3 N–H and O–H groups in total. The molecule has 17 heavy (non-hydrogen) atoms. The third-order valence-electron chi connectivity index (χ3n) is 2.48. The maximum atomic E-state index is 6.12. The van der Waals surface area contributed by atoms with Crippen LogP contribution in [0, 0.1) is 0 Å². The van der Waals surface area contributed by atoms with Gasteiger partial charge in [0.05, 0.1) is 10.7 Å². The van der Waals surface area contributed by atoms with Crippen molar-refractivity contribution < 1.29 is 0 Å². The Labute approximate surface area is 110 Å². The standard InChI is InChI=1S/C13H15ClN2S/c1-9(7-11-3-2-6-17-11)16-13-5-4-10(15)8-12(13)14/h2-6,8-9,16H,7,15H2,1H3.